The van der Waals surface area contributed by atoms with Crippen LogP contribution in [-0.2, 0) is 16.0 Å². The van der Waals surface area contributed by atoms with Crippen molar-refractivity contribution in [3.63, 3.8) is 0 Å². The molecule has 0 radical (unpaired) electrons. The molecule has 1 amide bonds. The number of hydrogen-bond donors (Lipinski definition) is 1. The zero-order valence-electron chi connectivity index (χ0n) is 11.7. The van der Waals surface area contributed by atoms with E-state index < -0.39 is 0 Å². The highest BCUT2D eigenvalue weighted by Gasteiger charge is 2.36. The normalized spacial score (nSPS) is 26.4. The van der Waals surface area contributed by atoms with Crippen LogP contribution in [0.1, 0.15) is 36.3 Å². The average molecular weight is 312 g/mol. The Bertz CT molecular complexity index is 550. The first kappa shape index (κ1) is 14.2. The summed E-state index contributed by atoms with van der Waals surface area (Å²) in [5.74, 6) is 0.221. The quantitative estimate of drug-likeness (QED) is 0.854. The van der Waals surface area contributed by atoms with E-state index in [0.717, 1.165) is 33.9 Å². The van der Waals surface area contributed by atoms with E-state index in [0.29, 0.717) is 13.0 Å². The molecule has 20 heavy (non-hydrogen) atoms. The van der Waals surface area contributed by atoms with Gasteiger partial charge in [-0.05, 0) is 32.0 Å². The predicted molar refractivity (Wildman–Crippen MR) is 81.7 cm³/mol. The van der Waals surface area contributed by atoms with Crippen molar-refractivity contribution in [3.05, 3.63) is 14.5 Å². The number of nitrogens with one attached hydrogen (secondary N) is 1. The van der Waals surface area contributed by atoms with Gasteiger partial charge in [-0.2, -0.15) is 0 Å². The van der Waals surface area contributed by atoms with E-state index >= 15 is 0 Å². The van der Waals surface area contributed by atoms with Crippen LogP contribution in [0.5, 0.6) is 0 Å². The molecule has 110 valence electrons. The summed E-state index contributed by atoms with van der Waals surface area (Å²) in [5.41, 5.74) is 1.03. The predicted octanol–water partition coefficient (Wildman–Crippen LogP) is 2.83. The Morgan fingerprint density at radius 2 is 2.30 bits per heavy atom. The van der Waals surface area contributed by atoms with Crippen LogP contribution in [0.15, 0.2) is 0 Å². The van der Waals surface area contributed by atoms with Gasteiger partial charge in [0.1, 0.15) is 0 Å². The van der Waals surface area contributed by atoms with Crippen molar-refractivity contribution in [2.75, 3.05) is 13.2 Å². The summed E-state index contributed by atoms with van der Waals surface area (Å²) in [6, 6.07) is 0.289. The molecule has 1 aliphatic carbocycles. The third-order valence-electron chi connectivity index (χ3n) is 4.29. The first-order chi connectivity index (χ1) is 9.65. The van der Waals surface area contributed by atoms with Crippen molar-refractivity contribution in [2.45, 2.75) is 51.2 Å². The van der Waals surface area contributed by atoms with Gasteiger partial charge < -0.3 is 14.6 Å². The number of thiazole rings is 1. The molecule has 0 spiro atoms. The molecule has 1 aromatic heterocycles. The lowest BCUT2D eigenvalue weighted by atomic mass is 9.90. The number of morpholine rings is 1. The lowest BCUT2D eigenvalue weighted by molar-refractivity contribution is -0.148. The molecule has 4 nitrogen and oxygen atoms in total. The van der Waals surface area contributed by atoms with E-state index in [2.05, 4.69) is 9.88 Å². The van der Waals surface area contributed by atoms with Crippen molar-refractivity contribution in [3.8, 4) is 0 Å². The number of amides is 1. The van der Waals surface area contributed by atoms with Gasteiger partial charge in [-0.15, -0.1) is 11.3 Å². The Hall–Kier alpha value is -0.720. The minimum atomic E-state index is 0.221. The molecule has 3 rings (SSSR count). The lowest BCUT2D eigenvalue weighted by Crippen LogP contribution is -2.55. The van der Waals surface area contributed by atoms with Crippen LogP contribution in [0.25, 0.3) is 0 Å². The van der Waals surface area contributed by atoms with Crippen molar-refractivity contribution >= 4 is 29.5 Å². The Balaban J connectivity index is 1.72. The van der Waals surface area contributed by atoms with Crippen LogP contribution in [0, 0.1) is 10.9 Å². The number of nitrogens with zero attached hydrogens (tertiary/aromatic N) is 1. The maximum absolute atomic E-state index is 12.6. The summed E-state index contributed by atoms with van der Waals surface area (Å²) in [5, 5.41) is 0. The second-order valence-electron chi connectivity index (χ2n) is 5.59. The third-order valence-corrected chi connectivity index (χ3v) is 5.62. The lowest BCUT2D eigenvalue weighted by Gasteiger charge is -2.43. The Labute approximate surface area is 128 Å². The number of hydrogen-bond acceptors (Lipinski definition) is 4. The van der Waals surface area contributed by atoms with Crippen molar-refractivity contribution < 1.29 is 9.53 Å². The van der Waals surface area contributed by atoms with Crippen LogP contribution < -0.4 is 0 Å². The molecule has 6 heteroatoms. The summed E-state index contributed by atoms with van der Waals surface area (Å²) >= 11 is 6.66. The van der Waals surface area contributed by atoms with E-state index in [9.17, 15) is 4.79 Å². The smallest absolute Gasteiger partial charge is 0.228 e. The van der Waals surface area contributed by atoms with E-state index in [4.69, 9.17) is 17.0 Å². The summed E-state index contributed by atoms with van der Waals surface area (Å²) in [6.45, 7) is 3.39. The number of aromatic amines is 1. The first-order valence-corrected chi connectivity index (χ1v) is 8.47. The molecule has 2 fully saturated rings. The molecule has 2 aliphatic rings. The van der Waals surface area contributed by atoms with Crippen LogP contribution >= 0.6 is 23.6 Å². The maximum atomic E-state index is 12.6. The molecular formula is C14H20N2O2S2. The van der Waals surface area contributed by atoms with E-state index in [-0.39, 0.29) is 18.1 Å². The standard InChI is InChI=1S/C14H20N2O2S2/c1-9-12(20-14(19)15-9)8-13(17)16-6-7-18-11-5-3-2-4-10(11)16/h10-11H,2-8H2,1H3,(H,15,19). The average Bonchev–Trinajstić information content (AvgIpc) is 2.76. The number of carbonyl (C=O) groups excluding carboxylic acids is 1. The number of carbonyl (C=O) groups is 1. The topological polar surface area (TPSA) is 45.3 Å². The highest BCUT2D eigenvalue weighted by molar-refractivity contribution is 7.73. The Kier molecular flexibility index (Phi) is 4.23. The van der Waals surface area contributed by atoms with Gasteiger partial charge in [0.05, 0.1) is 25.2 Å². The Morgan fingerprint density at radius 3 is 3.05 bits per heavy atom. The number of rotatable bonds is 2. The van der Waals surface area contributed by atoms with Gasteiger partial charge in [-0.1, -0.05) is 12.8 Å². The molecule has 2 unspecified atom stereocenters. The van der Waals surface area contributed by atoms with Gasteiger partial charge in [0, 0.05) is 17.1 Å². The second-order valence-corrected chi connectivity index (χ2v) is 7.36. The minimum Gasteiger partial charge on any atom is -0.374 e. The first-order valence-electron chi connectivity index (χ1n) is 7.25. The number of aromatic nitrogens is 1. The molecule has 0 bridgehead atoms. The fourth-order valence-electron chi connectivity index (χ4n) is 3.25. The summed E-state index contributed by atoms with van der Waals surface area (Å²) in [4.78, 5) is 18.8. The molecule has 1 saturated carbocycles. The number of fused-ring (bicyclic) bond motifs is 1. The monoisotopic (exact) mass is 312 g/mol. The summed E-state index contributed by atoms with van der Waals surface area (Å²) in [7, 11) is 0. The largest absolute Gasteiger partial charge is 0.374 e. The van der Waals surface area contributed by atoms with Crippen molar-refractivity contribution in [1.82, 2.24) is 9.88 Å². The summed E-state index contributed by atoms with van der Waals surface area (Å²) in [6.07, 6.45) is 5.33. The Morgan fingerprint density at radius 1 is 1.50 bits per heavy atom. The minimum absolute atomic E-state index is 0.221. The molecule has 1 aromatic rings. The van der Waals surface area contributed by atoms with E-state index in [1.54, 1.807) is 0 Å². The molecule has 1 N–H and O–H groups in total. The van der Waals surface area contributed by atoms with Crippen LogP contribution in [0.2, 0.25) is 0 Å². The number of H-pyrrole nitrogens is 1. The third kappa shape index (κ3) is 2.82. The number of aryl methyl sites for hydroxylation is 1. The van der Waals surface area contributed by atoms with Crippen LogP contribution in [0.4, 0.5) is 0 Å². The van der Waals surface area contributed by atoms with Gasteiger partial charge in [-0.3, -0.25) is 4.79 Å². The van der Waals surface area contributed by atoms with Gasteiger partial charge >= 0.3 is 0 Å². The van der Waals surface area contributed by atoms with E-state index in [1.165, 1.54) is 24.2 Å². The zero-order chi connectivity index (χ0) is 14.1. The fourth-order valence-corrected chi connectivity index (χ4v) is 4.53. The van der Waals surface area contributed by atoms with E-state index in [1.807, 2.05) is 6.92 Å². The van der Waals surface area contributed by atoms with Gasteiger partial charge in [0.2, 0.25) is 5.91 Å². The maximum Gasteiger partial charge on any atom is 0.228 e. The SMILES string of the molecule is Cc1[nH]c(=S)sc1CC(=O)N1CCOC2CCCCC21. The molecule has 1 aliphatic heterocycles. The van der Waals surface area contributed by atoms with Crippen molar-refractivity contribution in [1.29, 1.82) is 0 Å². The summed E-state index contributed by atoms with van der Waals surface area (Å²) < 4.78 is 6.58. The molecule has 2 heterocycles. The zero-order valence-corrected chi connectivity index (χ0v) is 13.3. The van der Waals surface area contributed by atoms with Gasteiger partial charge in [-0.25, -0.2) is 0 Å². The van der Waals surface area contributed by atoms with Crippen LogP contribution in [-0.4, -0.2) is 41.1 Å². The highest BCUT2D eigenvalue weighted by atomic mass is 32.1. The molecule has 2 atom stereocenters. The molecule has 0 aromatic carbocycles. The number of ether oxygens (including phenoxy) is 1. The molecule has 1 saturated heterocycles. The molecular weight excluding hydrogens is 292 g/mol. The highest BCUT2D eigenvalue weighted by Crippen LogP contribution is 2.29. The second kappa shape index (κ2) is 5.95. The van der Waals surface area contributed by atoms with Crippen molar-refractivity contribution in [2.24, 2.45) is 0 Å². The van der Waals surface area contributed by atoms with Crippen LogP contribution in [0.3, 0.4) is 0 Å². The van der Waals surface area contributed by atoms with Gasteiger partial charge in [0.25, 0.3) is 0 Å². The fraction of sp³-hybridized carbons (Fsp3) is 0.714. The van der Waals surface area contributed by atoms with Gasteiger partial charge in [0.15, 0.2) is 3.95 Å².